The molecule has 1 amide bonds. The Morgan fingerprint density at radius 1 is 1.33 bits per heavy atom. The number of sulfonamides is 1. The van der Waals surface area contributed by atoms with E-state index in [4.69, 9.17) is 11.6 Å². The maximum Gasteiger partial charge on any atom is 0.263 e. The highest BCUT2D eigenvalue weighted by Gasteiger charge is 2.33. The molecule has 4 rings (SSSR count). The number of thiophene rings is 1. The van der Waals surface area contributed by atoms with Crippen LogP contribution < -0.4 is 10.9 Å². The van der Waals surface area contributed by atoms with Crippen molar-refractivity contribution in [3.05, 3.63) is 50.6 Å². The molecule has 33 heavy (non-hydrogen) atoms. The largest absolute Gasteiger partial charge is 0.324 e. The van der Waals surface area contributed by atoms with E-state index in [1.807, 2.05) is 0 Å². The van der Waals surface area contributed by atoms with Crippen molar-refractivity contribution in [3.63, 3.8) is 0 Å². The van der Waals surface area contributed by atoms with Gasteiger partial charge in [0.25, 0.3) is 5.56 Å². The van der Waals surface area contributed by atoms with Gasteiger partial charge in [0.15, 0.2) is 0 Å². The van der Waals surface area contributed by atoms with E-state index >= 15 is 0 Å². The minimum absolute atomic E-state index is 0.00347. The Bertz CT molecular complexity index is 1400. The molecule has 1 aliphatic heterocycles. The first kappa shape index (κ1) is 23.8. The Balaban J connectivity index is 1.66. The number of carbonyl (C=O) groups excluding carboxylic acids is 1. The number of halogens is 2. The monoisotopic (exact) mass is 512 g/mol. The number of anilines is 1. The quantitative estimate of drug-likeness (QED) is 0.562. The number of carbonyl (C=O) groups is 1. The van der Waals surface area contributed by atoms with Crippen LogP contribution >= 0.6 is 22.9 Å². The predicted molar refractivity (Wildman–Crippen MR) is 126 cm³/mol. The molecule has 3 heterocycles. The van der Waals surface area contributed by atoms with Crippen LogP contribution in [-0.2, 0) is 21.4 Å². The Hall–Kier alpha value is -2.34. The van der Waals surface area contributed by atoms with E-state index in [0.717, 1.165) is 34.8 Å². The van der Waals surface area contributed by atoms with Gasteiger partial charge in [-0.2, -0.15) is 4.31 Å². The minimum Gasteiger partial charge on any atom is -0.324 e. The Labute approximate surface area is 199 Å². The average molecular weight is 513 g/mol. The van der Waals surface area contributed by atoms with Gasteiger partial charge >= 0.3 is 0 Å². The third-order valence-electron chi connectivity index (χ3n) is 5.66. The van der Waals surface area contributed by atoms with Crippen molar-refractivity contribution < 1.29 is 17.6 Å². The summed E-state index contributed by atoms with van der Waals surface area (Å²) in [5.41, 5.74) is -0.344. The molecule has 1 aliphatic rings. The maximum atomic E-state index is 13.4. The molecule has 1 N–H and O–H groups in total. The van der Waals surface area contributed by atoms with E-state index in [2.05, 4.69) is 17.2 Å². The van der Waals surface area contributed by atoms with Gasteiger partial charge in [-0.25, -0.2) is 17.8 Å². The Kier molecular flexibility index (Phi) is 6.59. The molecule has 0 spiro atoms. The van der Waals surface area contributed by atoms with Gasteiger partial charge in [0.1, 0.15) is 22.1 Å². The first-order valence-electron chi connectivity index (χ1n) is 10.3. The molecule has 0 unspecified atom stereocenters. The van der Waals surface area contributed by atoms with Crippen LogP contribution in [0.2, 0.25) is 5.02 Å². The molecule has 3 aromatic rings. The van der Waals surface area contributed by atoms with Crippen LogP contribution in [0.15, 0.2) is 34.2 Å². The van der Waals surface area contributed by atoms with Crippen molar-refractivity contribution in [2.75, 3.05) is 18.4 Å². The summed E-state index contributed by atoms with van der Waals surface area (Å²) in [4.78, 5) is 30.7. The molecule has 0 saturated carbocycles. The lowest BCUT2D eigenvalue weighted by atomic mass is 10.0. The number of rotatable bonds is 5. The number of aryl methyl sites for hydroxylation is 1. The van der Waals surface area contributed by atoms with Gasteiger partial charge in [0.05, 0.1) is 16.7 Å². The van der Waals surface area contributed by atoms with Crippen LogP contribution in [0.25, 0.3) is 10.2 Å². The lowest BCUT2D eigenvalue weighted by Gasteiger charge is -2.29. The van der Waals surface area contributed by atoms with E-state index in [1.54, 1.807) is 6.92 Å². The molecule has 0 aliphatic carbocycles. The van der Waals surface area contributed by atoms with Crippen LogP contribution in [0, 0.1) is 18.7 Å². The SMILES string of the molecule is Cc1sc2ncn(CC(=O)Nc3ccc(F)c(Cl)c3)c(=O)c2c1S(=O)(=O)N1CCC(C)CC1. The lowest BCUT2D eigenvalue weighted by molar-refractivity contribution is -0.116. The van der Waals surface area contributed by atoms with Gasteiger partial charge in [-0.15, -0.1) is 11.3 Å². The van der Waals surface area contributed by atoms with Gasteiger partial charge in [0.2, 0.25) is 15.9 Å². The van der Waals surface area contributed by atoms with Crippen LogP contribution in [-0.4, -0.2) is 41.3 Å². The van der Waals surface area contributed by atoms with E-state index in [0.29, 0.717) is 28.7 Å². The highest BCUT2D eigenvalue weighted by atomic mass is 35.5. The Morgan fingerprint density at radius 2 is 2.03 bits per heavy atom. The zero-order valence-corrected chi connectivity index (χ0v) is 20.4. The van der Waals surface area contributed by atoms with Crippen molar-refractivity contribution in [2.45, 2.75) is 38.1 Å². The van der Waals surface area contributed by atoms with Crippen molar-refractivity contribution in [1.29, 1.82) is 0 Å². The van der Waals surface area contributed by atoms with Crippen molar-refractivity contribution in [3.8, 4) is 0 Å². The fraction of sp³-hybridized carbons (Fsp3) is 0.381. The number of nitrogens with zero attached hydrogens (tertiary/aromatic N) is 3. The predicted octanol–water partition coefficient (Wildman–Crippen LogP) is 3.62. The van der Waals surface area contributed by atoms with Gasteiger partial charge in [0, 0.05) is 23.7 Å². The number of fused-ring (bicyclic) bond motifs is 1. The molecule has 2 aromatic heterocycles. The zero-order valence-electron chi connectivity index (χ0n) is 18.0. The number of piperidine rings is 1. The molecule has 0 bridgehead atoms. The highest BCUT2D eigenvalue weighted by molar-refractivity contribution is 7.89. The normalized spacial score (nSPS) is 15.8. The van der Waals surface area contributed by atoms with Crippen LogP contribution in [0.4, 0.5) is 10.1 Å². The second kappa shape index (κ2) is 9.13. The van der Waals surface area contributed by atoms with Crippen LogP contribution in [0.3, 0.4) is 0 Å². The molecular weight excluding hydrogens is 491 g/mol. The van der Waals surface area contributed by atoms with E-state index in [1.165, 1.54) is 22.8 Å². The van der Waals surface area contributed by atoms with Crippen LogP contribution in [0.5, 0.6) is 0 Å². The van der Waals surface area contributed by atoms with Crippen molar-refractivity contribution in [2.24, 2.45) is 5.92 Å². The summed E-state index contributed by atoms with van der Waals surface area (Å²) >= 11 is 6.87. The molecule has 12 heteroatoms. The number of nitrogens with one attached hydrogen (secondary N) is 1. The summed E-state index contributed by atoms with van der Waals surface area (Å²) in [5, 5.41) is 2.39. The third kappa shape index (κ3) is 4.68. The summed E-state index contributed by atoms with van der Waals surface area (Å²) in [6.45, 7) is 4.14. The Morgan fingerprint density at radius 3 is 2.70 bits per heavy atom. The van der Waals surface area contributed by atoms with E-state index in [-0.39, 0.29) is 21.0 Å². The van der Waals surface area contributed by atoms with Gasteiger partial charge in [-0.3, -0.25) is 14.2 Å². The fourth-order valence-electron chi connectivity index (χ4n) is 3.82. The van der Waals surface area contributed by atoms with E-state index in [9.17, 15) is 22.4 Å². The highest BCUT2D eigenvalue weighted by Crippen LogP contribution is 2.34. The second-order valence-corrected chi connectivity index (χ2v) is 11.6. The van der Waals surface area contributed by atoms with Gasteiger partial charge < -0.3 is 5.32 Å². The summed E-state index contributed by atoms with van der Waals surface area (Å²) in [7, 11) is -3.88. The number of hydrogen-bond donors (Lipinski definition) is 1. The number of amides is 1. The van der Waals surface area contributed by atoms with E-state index < -0.39 is 33.9 Å². The molecule has 1 aromatic carbocycles. The molecule has 8 nitrogen and oxygen atoms in total. The van der Waals surface area contributed by atoms with Crippen molar-refractivity contribution >= 4 is 54.8 Å². The summed E-state index contributed by atoms with van der Waals surface area (Å²) in [6, 6.07) is 3.71. The molecule has 0 atom stereocenters. The topological polar surface area (TPSA) is 101 Å². The number of benzene rings is 1. The molecule has 1 saturated heterocycles. The number of hydrogen-bond acceptors (Lipinski definition) is 6. The lowest BCUT2D eigenvalue weighted by Crippen LogP contribution is -2.38. The third-order valence-corrected chi connectivity index (χ3v) is 9.16. The zero-order chi connectivity index (χ0) is 23.9. The molecule has 176 valence electrons. The molecule has 0 radical (unpaired) electrons. The smallest absolute Gasteiger partial charge is 0.263 e. The van der Waals surface area contributed by atoms with Crippen LogP contribution in [0.1, 0.15) is 24.6 Å². The minimum atomic E-state index is -3.88. The van der Waals surface area contributed by atoms with Crippen molar-refractivity contribution in [1.82, 2.24) is 13.9 Å². The standard InChI is InChI=1S/C21H22ClFN4O4S2/c1-12-5-7-27(8-6-12)33(30,31)19-13(2)32-20-18(19)21(29)26(11-24-20)10-17(28)25-14-3-4-16(23)15(22)9-14/h3-4,9,11-12H,5-8,10H2,1-2H3,(H,25,28). The molecule has 1 fully saturated rings. The summed E-state index contributed by atoms with van der Waals surface area (Å²) in [5.74, 6) is -0.738. The number of aromatic nitrogens is 2. The average Bonchev–Trinajstić information content (AvgIpc) is 3.10. The first-order chi connectivity index (χ1) is 15.6. The second-order valence-electron chi connectivity index (χ2n) is 8.11. The molecular formula is C21H22ClFN4O4S2. The van der Waals surface area contributed by atoms with Gasteiger partial charge in [-0.1, -0.05) is 18.5 Å². The summed E-state index contributed by atoms with van der Waals surface area (Å²) < 4.78 is 42.6. The summed E-state index contributed by atoms with van der Waals surface area (Å²) in [6.07, 6.45) is 2.74. The fourth-order valence-corrected chi connectivity index (χ4v) is 7.14. The first-order valence-corrected chi connectivity index (χ1v) is 12.9. The van der Waals surface area contributed by atoms with Gasteiger partial charge in [-0.05, 0) is 43.9 Å². The maximum absolute atomic E-state index is 13.4.